The summed E-state index contributed by atoms with van der Waals surface area (Å²) in [5.41, 5.74) is 0. The van der Waals surface area contributed by atoms with Crippen molar-refractivity contribution in [3.63, 3.8) is 0 Å². The SMILES string of the molecule is C=CC(C=C)C(C(=O)OC)C(=O)OC. The second-order valence-electron chi connectivity index (χ2n) is 2.57. The molecule has 0 aromatic rings. The number of hydrogen-bond donors (Lipinski definition) is 0. The fraction of sp³-hybridized carbons (Fsp3) is 0.400. The number of ether oxygens (including phenoxy) is 2. The second kappa shape index (κ2) is 5.96. The zero-order chi connectivity index (χ0) is 11.1. The first kappa shape index (κ1) is 12.4. The lowest BCUT2D eigenvalue weighted by molar-refractivity contribution is -0.159. The molecule has 0 N–H and O–H groups in total. The van der Waals surface area contributed by atoms with Gasteiger partial charge < -0.3 is 9.47 Å². The van der Waals surface area contributed by atoms with Crippen molar-refractivity contribution < 1.29 is 19.1 Å². The molecule has 0 heterocycles. The predicted octanol–water partition coefficient (Wildman–Crippen LogP) is 0.937. The summed E-state index contributed by atoms with van der Waals surface area (Å²) in [6.45, 7) is 7.00. The van der Waals surface area contributed by atoms with Crippen molar-refractivity contribution in [2.24, 2.45) is 11.8 Å². The lowest BCUT2D eigenvalue weighted by Gasteiger charge is -2.16. The fourth-order valence-corrected chi connectivity index (χ4v) is 1.03. The summed E-state index contributed by atoms with van der Waals surface area (Å²) in [6.07, 6.45) is 2.90. The van der Waals surface area contributed by atoms with E-state index in [9.17, 15) is 9.59 Å². The number of hydrogen-bond acceptors (Lipinski definition) is 4. The first-order valence-electron chi connectivity index (χ1n) is 4.03. The molecule has 0 fully saturated rings. The minimum absolute atomic E-state index is 0.477. The van der Waals surface area contributed by atoms with E-state index >= 15 is 0 Å². The molecule has 4 heteroatoms. The number of carbonyl (C=O) groups excluding carboxylic acids is 2. The molecule has 0 amide bonds. The van der Waals surface area contributed by atoms with Crippen LogP contribution in [-0.2, 0) is 19.1 Å². The molecule has 0 aliphatic rings. The fourth-order valence-electron chi connectivity index (χ4n) is 1.03. The Balaban J connectivity index is 4.87. The van der Waals surface area contributed by atoms with Crippen molar-refractivity contribution in [3.05, 3.63) is 25.3 Å². The summed E-state index contributed by atoms with van der Waals surface area (Å²) < 4.78 is 8.97. The van der Waals surface area contributed by atoms with Crippen molar-refractivity contribution in [1.82, 2.24) is 0 Å². The van der Waals surface area contributed by atoms with Crippen LogP contribution in [0.15, 0.2) is 25.3 Å². The molecule has 0 unspecified atom stereocenters. The Hall–Kier alpha value is -1.58. The second-order valence-corrected chi connectivity index (χ2v) is 2.57. The Labute approximate surface area is 83.2 Å². The van der Waals surface area contributed by atoms with Crippen molar-refractivity contribution in [2.45, 2.75) is 0 Å². The first-order chi connectivity index (χ1) is 6.62. The van der Waals surface area contributed by atoms with Crippen LogP contribution in [0.1, 0.15) is 0 Å². The third-order valence-electron chi connectivity index (χ3n) is 1.84. The molecule has 4 nitrogen and oxygen atoms in total. The van der Waals surface area contributed by atoms with E-state index in [0.29, 0.717) is 0 Å². The van der Waals surface area contributed by atoms with E-state index in [1.807, 2.05) is 0 Å². The van der Waals surface area contributed by atoms with Gasteiger partial charge in [-0.05, 0) is 0 Å². The van der Waals surface area contributed by atoms with E-state index in [0.717, 1.165) is 0 Å². The molecule has 0 aliphatic heterocycles. The zero-order valence-electron chi connectivity index (χ0n) is 8.36. The Morgan fingerprint density at radius 2 is 1.43 bits per heavy atom. The standard InChI is InChI=1S/C10H14O4/c1-5-7(6-2)8(9(11)13-3)10(12)14-4/h5-8H,1-2H2,3-4H3. The molecular formula is C10H14O4. The molecule has 14 heavy (non-hydrogen) atoms. The van der Waals surface area contributed by atoms with Crippen LogP contribution >= 0.6 is 0 Å². The van der Waals surface area contributed by atoms with Crippen LogP contribution in [0.4, 0.5) is 0 Å². The predicted molar refractivity (Wildman–Crippen MR) is 51.4 cm³/mol. The van der Waals surface area contributed by atoms with Gasteiger partial charge in [0.15, 0.2) is 5.92 Å². The van der Waals surface area contributed by atoms with Crippen LogP contribution < -0.4 is 0 Å². The molecule has 78 valence electrons. The molecule has 0 aliphatic carbocycles. The van der Waals surface area contributed by atoms with Crippen LogP contribution in [-0.4, -0.2) is 26.2 Å². The average molecular weight is 198 g/mol. The average Bonchev–Trinajstić information content (AvgIpc) is 2.23. The van der Waals surface area contributed by atoms with Gasteiger partial charge in [-0.15, -0.1) is 13.2 Å². The molecule has 0 saturated heterocycles. The maximum absolute atomic E-state index is 11.3. The van der Waals surface area contributed by atoms with Crippen molar-refractivity contribution in [2.75, 3.05) is 14.2 Å². The summed E-state index contributed by atoms with van der Waals surface area (Å²) >= 11 is 0. The minimum atomic E-state index is -1.01. The molecule has 0 saturated carbocycles. The molecule has 0 spiro atoms. The zero-order valence-corrected chi connectivity index (χ0v) is 8.36. The van der Waals surface area contributed by atoms with Crippen molar-refractivity contribution >= 4 is 11.9 Å². The van der Waals surface area contributed by atoms with Crippen LogP contribution in [0.3, 0.4) is 0 Å². The highest BCUT2D eigenvalue weighted by Crippen LogP contribution is 2.17. The van der Waals surface area contributed by atoms with Gasteiger partial charge in [0.2, 0.25) is 0 Å². The Morgan fingerprint density at radius 1 is 1.07 bits per heavy atom. The number of methoxy groups -OCH3 is 2. The Morgan fingerprint density at radius 3 is 1.64 bits per heavy atom. The van der Waals surface area contributed by atoms with Gasteiger partial charge in [-0.1, -0.05) is 12.2 Å². The lowest BCUT2D eigenvalue weighted by atomic mass is 9.92. The largest absolute Gasteiger partial charge is 0.468 e. The van der Waals surface area contributed by atoms with Gasteiger partial charge in [0.1, 0.15) is 0 Å². The van der Waals surface area contributed by atoms with E-state index in [4.69, 9.17) is 0 Å². The van der Waals surface area contributed by atoms with Crippen LogP contribution in [0.5, 0.6) is 0 Å². The third-order valence-corrected chi connectivity index (χ3v) is 1.84. The summed E-state index contributed by atoms with van der Waals surface area (Å²) in [4.78, 5) is 22.5. The van der Waals surface area contributed by atoms with Gasteiger partial charge in [-0.2, -0.15) is 0 Å². The molecule has 0 radical (unpaired) electrons. The quantitative estimate of drug-likeness (QED) is 0.375. The normalized spacial score (nSPS) is 9.71. The third kappa shape index (κ3) is 2.73. The highest BCUT2D eigenvalue weighted by molar-refractivity contribution is 5.95. The van der Waals surface area contributed by atoms with Crippen LogP contribution in [0, 0.1) is 11.8 Å². The van der Waals surface area contributed by atoms with Crippen LogP contribution in [0.25, 0.3) is 0 Å². The maximum Gasteiger partial charge on any atom is 0.320 e. The number of allylic oxidation sites excluding steroid dienone is 2. The summed E-state index contributed by atoms with van der Waals surface area (Å²) in [5.74, 6) is -2.79. The van der Waals surface area contributed by atoms with Gasteiger partial charge in [0, 0.05) is 5.92 Å². The Bertz CT molecular complexity index is 221. The monoisotopic (exact) mass is 198 g/mol. The van der Waals surface area contributed by atoms with Crippen LogP contribution in [0.2, 0.25) is 0 Å². The molecule has 0 atom stereocenters. The first-order valence-corrected chi connectivity index (χ1v) is 4.03. The van der Waals surface area contributed by atoms with E-state index < -0.39 is 23.8 Å². The molecular weight excluding hydrogens is 184 g/mol. The molecule has 0 bridgehead atoms. The van der Waals surface area contributed by atoms with E-state index in [1.165, 1.54) is 26.4 Å². The molecule has 0 rings (SSSR count). The topological polar surface area (TPSA) is 52.6 Å². The maximum atomic E-state index is 11.3. The smallest absolute Gasteiger partial charge is 0.320 e. The Kier molecular flexibility index (Phi) is 5.29. The highest BCUT2D eigenvalue weighted by Gasteiger charge is 2.33. The lowest BCUT2D eigenvalue weighted by Crippen LogP contribution is -2.31. The van der Waals surface area contributed by atoms with E-state index in [1.54, 1.807) is 0 Å². The summed E-state index contributed by atoms with van der Waals surface area (Å²) in [7, 11) is 2.42. The summed E-state index contributed by atoms with van der Waals surface area (Å²) in [6, 6.07) is 0. The van der Waals surface area contributed by atoms with Gasteiger partial charge in [-0.3, -0.25) is 9.59 Å². The van der Waals surface area contributed by atoms with Crippen molar-refractivity contribution in [3.8, 4) is 0 Å². The highest BCUT2D eigenvalue weighted by atomic mass is 16.5. The van der Waals surface area contributed by atoms with Crippen molar-refractivity contribution in [1.29, 1.82) is 0 Å². The number of carbonyl (C=O) groups is 2. The molecule has 0 aromatic carbocycles. The molecule has 0 aromatic heterocycles. The number of rotatable bonds is 5. The van der Waals surface area contributed by atoms with Gasteiger partial charge in [0.25, 0.3) is 0 Å². The van der Waals surface area contributed by atoms with Gasteiger partial charge in [-0.25, -0.2) is 0 Å². The minimum Gasteiger partial charge on any atom is -0.468 e. The van der Waals surface area contributed by atoms with E-state index in [-0.39, 0.29) is 0 Å². The van der Waals surface area contributed by atoms with Gasteiger partial charge >= 0.3 is 11.9 Å². The number of esters is 2. The summed E-state index contributed by atoms with van der Waals surface area (Å²) in [5, 5.41) is 0. The van der Waals surface area contributed by atoms with Gasteiger partial charge in [0.05, 0.1) is 14.2 Å². The van der Waals surface area contributed by atoms with E-state index in [2.05, 4.69) is 22.6 Å².